The van der Waals surface area contributed by atoms with E-state index in [4.69, 9.17) is 4.74 Å². The minimum Gasteiger partial charge on any atom is -0.394 e. The van der Waals surface area contributed by atoms with Crippen LogP contribution in [0.15, 0.2) is 30.3 Å². The van der Waals surface area contributed by atoms with Crippen LogP contribution in [0.25, 0.3) is 0 Å². The number of fused-ring (bicyclic) bond motifs is 1. The Morgan fingerprint density at radius 1 is 1.22 bits per heavy atom. The van der Waals surface area contributed by atoms with Gasteiger partial charge in [-0.15, -0.1) is 0 Å². The van der Waals surface area contributed by atoms with Crippen LogP contribution in [0.1, 0.15) is 51.6 Å². The molecule has 4 rings (SSSR count). The molecule has 1 aromatic rings. The molecule has 3 N–H and O–H groups in total. The zero-order chi connectivity index (χ0) is 23.3. The maximum absolute atomic E-state index is 14.0. The van der Waals surface area contributed by atoms with Crippen molar-refractivity contribution in [3.63, 3.8) is 0 Å². The second kappa shape index (κ2) is 8.15. The van der Waals surface area contributed by atoms with Crippen LogP contribution in [-0.2, 0) is 19.1 Å². The van der Waals surface area contributed by atoms with E-state index in [9.17, 15) is 19.5 Å². The van der Waals surface area contributed by atoms with Crippen LogP contribution in [0.5, 0.6) is 0 Å². The van der Waals surface area contributed by atoms with Crippen molar-refractivity contribution in [2.24, 2.45) is 11.8 Å². The number of carbonyl (C=O) groups excluding carboxylic acids is 3. The third-order valence-electron chi connectivity index (χ3n) is 7.52. The molecule has 3 aliphatic heterocycles. The average molecular weight is 444 g/mol. The molecular formula is C24H33N3O5. The molecule has 1 spiro atoms. The van der Waals surface area contributed by atoms with E-state index in [0.717, 1.165) is 5.56 Å². The molecule has 3 saturated heterocycles. The van der Waals surface area contributed by atoms with E-state index in [0.29, 0.717) is 19.3 Å². The lowest BCUT2D eigenvalue weighted by Gasteiger charge is -2.37. The first-order valence-electron chi connectivity index (χ1n) is 11.5. The first kappa shape index (κ1) is 22.7. The Hall–Kier alpha value is -2.45. The van der Waals surface area contributed by atoms with Crippen LogP contribution in [0.4, 0.5) is 0 Å². The number of nitrogens with one attached hydrogen (secondary N) is 2. The fourth-order valence-electron chi connectivity index (χ4n) is 6.24. The Kier molecular flexibility index (Phi) is 5.79. The van der Waals surface area contributed by atoms with Crippen molar-refractivity contribution in [3.8, 4) is 0 Å². The first-order valence-corrected chi connectivity index (χ1v) is 11.5. The molecule has 8 heteroatoms. The van der Waals surface area contributed by atoms with E-state index in [1.165, 1.54) is 4.90 Å². The minimum atomic E-state index is -1.09. The van der Waals surface area contributed by atoms with Crippen molar-refractivity contribution in [2.75, 3.05) is 13.7 Å². The van der Waals surface area contributed by atoms with Gasteiger partial charge in [0.15, 0.2) is 0 Å². The SMILES string of the molecule is CC[C@]12CCC3(O1)C(C(=O)NC(C)C)N([C@H](CO)c1ccccc1)C(=O)[C@@H]3[C@H]2C(=O)NC. The number of aliphatic hydroxyl groups is 1. The van der Waals surface area contributed by atoms with Crippen molar-refractivity contribution in [1.29, 1.82) is 0 Å². The molecule has 174 valence electrons. The third kappa shape index (κ3) is 3.07. The van der Waals surface area contributed by atoms with Gasteiger partial charge in [-0.2, -0.15) is 0 Å². The summed E-state index contributed by atoms with van der Waals surface area (Å²) in [6.45, 7) is 5.35. The van der Waals surface area contributed by atoms with Gasteiger partial charge in [0.05, 0.1) is 30.1 Å². The second-order valence-corrected chi connectivity index (χ2v) is 9.47. The van der Waals surface area contributed by atoms with Crippen LogP contribution >= 0.6 is 0 Å². The lowest BCUT2D eigenvalue weighted by atomic mass is 9.65. The first-order chi connectivity index (χ1) is 15.3. The molecule has 6 atom stereocenters. The quantitative estimate of drug-likeness (QED) is 0.586. The minimum absolute atomic E-state index is 0.132. The van der Waals surface area contributed by atoms with Gasteiger partial charge in [-0.25, -0.2) is 0 Å². The summed E-state index contributed by atoms with van der Waals surface area (Å²) in [5, 5.41) is 16.0. The summed E-state index contributed by atoms with van der Waals surface area (Å²) in [5.74, 6) is -2.29. The van der Waals surface area contributed by atoms with Crippen molar-refractivity contribution < 1.29 is 24.2 Å². The van der Waals surface area contributed by atoms with Crippen LogP contribution in [0.3, 0.4) is 0 Å². The van der Waals surface area contributed by atoms with Crippen molar-refractivity contribution in [1.82, 2.24) is 15.5 Å². The number of amides is 3. The summed E-state index contributed by atoms with van der Waals surface area (Å²) in [5.41, 5.74) is -1.12. The summed E-state index contributed by atoms with van der Waals surface area (Å²) in [7, 11) is 1.56. The van der Waals surface area contributed by atoms with Crippen LogP contribution in [0.2, 0.25) is 0 Å². The van der Waals surface area contributed by atoms with Crippen LogP contribution < -0.4 is 10.6 Å². The highest BCUT2D eigenvalue weighted by Crippen LogP contribution is 2.65. The zero-order valence-electron chi connectivity index (χ0n) is 19.1. The summed E-state index contributed by atoms with van der Waals surface area (Å²) in [6, 6.07) is 7.42. The molecule has 3 amide bonds. The van der Waals surface area contributed by atoms with E-state index in [1.54, 1.807) is 7.05 Å². The van der Waals surface area contributed by atoms with E-state index in [-0.39, 0.29) is 30.4 Å². The van der Waals surface area contributed by atoms with Gasteiger partial charge >= 0.3 is 0 Å². The van der Waals surface area contributed by atoms with E-state index in [2.05, 4.69) is 10.6 Å². The predicted octanol–water partition coefficient (Wildman–Crippen LogP) is 1.15. The van der Waals surface area contributed by atoms with Gasteiger partial charge in [-0.1, -0.05) is 37.3 Å². The Bertz CT molecular complexity index is 906. The zero-order valence-corrected chi connectivity index (χ0v) is 19.1. The predicted molar refractivity (Wildman–Crippen MR) is 117 cm³/mol. The van der Waals surface area contributed by atoms with E-state index < -0.39 is 35.1 Å². The number of likely N-dealkylation sites (tertiary alicyclic amines) is 1. The topological polar surface area (TPSA) is 108 Å². The average Bonchev–Trinajstić information content (AvgIpc) is 3.38. The molecule has 3 aliphatic rings. The second-order valence-electron chi connectivity index (χ2n) is 9.47. The van der Waals surface area contributed by atoms with Gasteiger partial charge in [0.1, 0.15) is 11.6 Å². The van der Waals surface area contributed by atoms with Gasteiger partial charge in [-0.3, -0.25) is 14.4 Å². The number of ether oxygens (including phenoxy) is 1. The summed E-state index contributed by atoms with van der Waals surface area (Å²) >= 11 is 0. The monoisotopic (exact) mass is 443 g/mol. The van der Waals surface area contributed by atoms with Crippen molar-refractivity contribution in [3.05, 3.63) is 35.9 Å². The summed E-state index contributed by atoms with van der Waals surface area (Å²) < 4.78 is 6.64. The van der Waals surface area contributed by atoms with Gasteiger partial charge in [0.25, 0.3) is 0 Å². The number of hydrogen-bond acceptors (Lipinski definition) is 5. The Labute approximate surface area is 188 Å². The molecule has 1 aromatic carbocycles. The van der Waals surface area contributed by atoms with Crippen LogP contribution in [-0.4, -0.2) is 64.7 Å². The number of carbonyl (C=O) groups is 3. The highest BCUT2D eigenvalue weighted by Gasteiger charge is 2.79. The van der Waals surface area contributed by atoms with Gasteiger partial charge in [0.2, 0.25) is 17.7 Å². The number of hydrogen-bond donors (Lipinski definition) is 3. The van der Waals surface area contributed by atoms with Gasteiger partial charge < -0.3 is 25.4 Å². The molecule has 3 fully saturated rings. The molecule has 0 aromatic heterocycles. The highest BCUT2D eigenvalue weighted by molar-refractivity contribution is 5.99. The van der Waals surface area contributed by atoms with Crippen molar-refractivity contribution in [2.45, 2.75) is 69.4 Å². The maximum Gasteiger partial charge on any atom is 0.246 e. The Balaban J connectivity index is 1.86. The number of rotatable bonds is 7. The summed E-state index contributed by atoms with van der Waals surface area (Å²) in [6.07, 6.45) is 1.71. The fourth-order valence-corrected chi connectivity index (χ4v) is 6.24. The highest BCUT2D eigenvalue weighted by atomic mass is 16.5. The lowest BCUT2D eigenvalue weighted by molar-refractivity contribution is -0.151. The lowest BCUT2D eigenvalue weighted by Crippen LogP contribution is -2.57. The normalized spacial score (nSPS) is 34.0. The third-order valence-corrected chi connectivity index (χ3v) is 7.52. The molecule has 0 saturated carbocycles. The molecule has 32 heavy (non-hydrogen) atoms. The number of aliphatic hydroxyl groups excluding tert-OH is 1. The van der Waals surface area contributed by atoms with Crippen molar-refractivity contribution >= 4 is 17.7 Å². The summed E-state index contributed by atoms with van der Waals surface area (Å²) in [4.78, 5) is 42.1. The van der Waals surface area contributed by atoms with Crippen LogP contribution in [0, 0.1) is 11.8 Å². The van der Waals surface area contributed by atoms with Gasteiger partial charge in [-0.05, 0) is 38.7 Å². The smallest absolute Gasteiger partial charge is 0.246 e. The Morgan fingerprint density at radius 2 is 1.91 bits per heavy atom. The van der Waals surface area contributed by atoms with E-state index >= 15 is 0 Å². The molecule has 3 heterocycles. The Morgan fingerprint density at radius 3 is 2.47 bits per heavy atom. The molecule has 0 radical (unpaired) electrons. The number of benzene rings is 1. The molecule has 0 aliphatic carbocycles. The standard InChI is InChI=1S/C24H33N3O5/c1-5-23-11-12-24(32-23)18(17(23)20(29)25-4)22(31)27(19(24)21(30)26-14(2)3)16(13-28)15-9-7-6-8-10-15/h6-10,14,16-19,28H,5,11-13H2,1-4H3,(H,25,29)(H,26,30)/t16-,17+,18+,19?,23-,24?/m1/s1. The maximum atomic E-state index is 14.0. The molecular weight excluding hydrogens is 410 g/mol. The van der Waals surface area contributed by atoms with E-state index in [1.807, 2.05) is 51.1 Å². The fraction of sp³-hybridized carbons (Fsp3) is 0.625. The largest absolute Gasteiger partial charge is 0.394 e. The molecule has 8 nitrogen and oxygen atoms in total. The molecule has 2 unspecified atom stereocenters. The molecule has 2 bridgehead atoms. The van der Waals surface area contributed by atoms with Gasteiger partial charge in [0, 0.05) is 13.1 Å². The number of nitrogens with zero attached hydrogens (tertiary/aromatic N) is 1.